The molecule has 0 fully saturated rings. The lowest BCUT2D eigenvalue weighted by Gasteiger charge is -2.11. The molecule has 0 unspecified atom stereocenters. The Morgan fingerprint density at radius 2 is 1.90 bits per heavy atom. The smallest absolute Gasteiger partial charge is 0.309 e. The Balaban J connectivity index is 1.31. The lowest BCUT2D eigenvalue weighted by Crippen LogP contribution is -2.11. The van der Waals surface area contributed by atoms with Crippen LogP contribution in [0.15, 0.2) is 24.3 Å². The first kappa shape index (κ1) is 19.4. The molecule has 0 atom stereocenters. The number of ether oxygens (including phenoxy) is 3. The molecule has 0 bridgehead atoms. The van der Waals surface area contributed by atoms with Gasteiger partial charge in [0.1, 0.15) is 22.1 Å². The number of methoxy groups -OCH3 is 1. The highest BCUT2D eigenvalue weighted by Crippen LogP contribution is 2.37. The summed E-state index contributed by atoms with van der Waals surface area (Å²) in [6.45, 7) is 0.231. The highest BCUT2D eigenvalue weighted by molar-refractivity contribution is 7.19. The molecule has 2 heterocycles. The van der Waals surface area contributed by atoms with E-state index < -0.39 is 0 Å². The molecular weight excluding hydrogens is 390 g/mol. The van der Waals surface area contributed by atoms with E-state index in [-0.39, 0.29) is 25.6 Å². The molecule has 0 saturated heterocycles. The van der Waals surface area contributed by atoms with Crippen molar-refractivity contribution in [2.45, 2.75) is 38.7 Å². The van der Waals surface area contributed by atoms with E-state index in [0.717, 1.165) is 28.8 Å². The molecule has 7 nitrogen and oxygen atoms in total. The molecule has 0 amide bonds. The quantitative estimate of drug-likeness (QED) is 0.590. The SMILES string of the molecule is COc1ccc(OCCC(=O)OCc2nc(N)c3c4c(sc3n2)CCCC4)cc1. The Labute approximate surface area is 172 Å². The van der Waals surface area contributed by atoms with Crippen LogP contribution >= 0.6 is 11.3 Å². The third-order valence-corrected chi connectivity index (χ3v) is 6.07. The number of aromatic nitrogens is 2. The topological polar surface area (TPSA) is 96.6 Å². The van der Waals surface area contributed by atoms with E-state index in [1.54, 1.807) is 42.7 Å². The molecule has 0 aliphatic heterocycles. The van der Waals surface area contributed by atoms with E-state index in [2.05, 4.69) is 9.97 Å². The van der Waals surface area contributed by atoms with Crippen molar-refractivity contribution in [2.24, 2.45) is 0 Å². The number of anilines is 1. The van der Waals surface area contributed by atoms with Crippen molar-refractivity contribution in [3.05, 3.63) is 40.5 Å². The molecule has 2 N–H and O–H groups in total. The van der Waals surface area contributed by atoms with Gasteiger partial charge in [-0.05, 0) is 55.5 Å². The number of rotatable bonds is 7. The van der Waals surface area contributed by atoms with Crippen molar-refractivity contribution in [2.75, 3.05) is 19.5 Å². The van der Waals surface area contributed by atoms with Gasteiger partial charge in [-0.3, -0.25) is 4.79 Å². The molecule has 1 aliphatic carbocycles. The van der Waals surface area contributed by atoms with Crippen LogP contribution in [0.1, 0.15) is 35.5 Å². The summed E-state index contributed by atoms with van der Waals surface area (Å²) in [6, 6.07) is 7.18. The van der Waals surface area contributed by atoms with Crippen molar-refractivity contribution in [3.8, 4) is 11.5 Å². The van der Waals surface area contributed by atoms with Gasteiger partial charge in [-0.15, -0.1) is 11.3 Å². The molecule has 8 heteroatoms. The molecule has 3 aromatic rings. The number of carbonyl (C=O) groups excluding carboxylic acids is 1. The lowest BCUT2D eigenvalue weighted by atomic mass is 9.97. The molecule has 0 radical (unpaired) electrons. The zero-order chi connectivity index (χ0) is 20.2. The first-order valence-corrected chi connectivity index (χ1v) is 10.4. The highest BCUT2D eigenvalue weighted by atomic mass is 32.1. The lowest BCUT2D eigenvalue weighted by molar-refractivity contribution is -0.145. The normalized spacial score (nSPS) is 13.1. The average Bonchev–Trinajstić information content (AvgIpc) is 3.11. The van der Waals surface area contributed by atoms with Gasteiger partial charge in [-0.25, -0.2) is 9.97 Å². The summed E-state index contributed by atoms with van der Waals surface area (Å²) in [6.07, 6.45) is 4.63. The van der Waals surface area contributed by atoms with E-state index in [1.807, 2.05) is 0 Å². The summed E-state index contributed by atoms with van der Waals surface area (Å²) >= 11 is 1.68. The van der Waals surface area contributed by atoms with Crippen molar-refractivity contribution in [1.29, 1.82) is 0 Å². The molecule has 4 rings (SSSR count). The minimum absolute atomic E-state index is 0.00404. The Morgan fingerprint density at radius 3 is 2.69 bits per heavy atom. The van der Waals surface area contributed by atoms with Crippen LogP contribution in [0.2, 0.25) is 0 Å². The summed E-state index contributed by atoms with van der Waals surface area (Å²) in [5, 5.41) is 0.979. The van der Waals surface area contributed by atoms with Crippen molar-refractivity contribution >= 4 is 33.3 Å². The number of hydrogen-bond acceptors (Lipinski definition) is 8. The van der Waals surface area contributed by atoms with E-state index in [1.165, 1.54) is 23.3 Å². The summed E-state index contributed by atoms with van der Waals surface area (Å²) in [7, 11) is 1.60. The van der Waals surface area contributed by atoms with Gasteiger partial charge in [0.2, 0.25) is 0 Å². The van der Waals surface area contributed by atoms with Gasteiger partial charge in [0.05, 0.1) is 25.5 Å². The van der Waals surface area contributed by atoms with Crippen molar-refractivity contribution < 1.29 is 19.0 Å². The fourth-order valence-corrected chi connectivity index (χ4v) is 4.73. The van der Waals surface area contributed by atoms with Crippen LogP contribution in [0.25, 0.3) is 10.2 Å². The van der Waals surface area contributed by atoms with Gasteiger partial charge >= 0.3 is 5.97 Å². The first-order valence-electron chi connectivity index (χ1n) is 9.63. The predicted octanol–water partition coefficient (Wildman–Crippen LogP) is 3.67. The molecule has 0 saturated carbocycles. The maximum atomic E-state index is 12.0. The van der Waals surface area contributed by atoms with Gasteiger partial charge in [-0.2, -0.15) is 0 Å². The van der Waals surface area contributed by atoms with Gasteiger partial charge in [0.25, 0.3) is 0 Å². The second kappa shape index (κ2) is 8.65. The summed E-state index contributed by atoms with van der Waals surface area (Å²) in [4.78, 5) is 23.2. The predicted molar refractivity (Wildman–Crippen MR) is 111 cm³/mol. The number of nitrogens with zero attached hydrogens (tertiary/aromatic N) is 2. The van der Waals surface area contributed by atoms with E-state index in [9.17, 15) is 4.79 Å². The third kappa shape index (κ3) is 4.42. The monoisotopic (exact) mass is 413 g/mol. The van der Waals surface area contributed by atoms with Crippen LogP contribution in [-0.4, -0.2) is 29.7 Å². The fraction of sp³-hybridized carbons (Fsp3) is 0.381. The number of fused-ring (bicyclic) bond motifs is 3. The summed E-state index contributed by atoms with van der Waals surface area (Å²) in [5.74, 6) is 1.95. The first-order chi connectivity index (χ1) is 14.1. The van der Waals surface area contributed by atoms with Crippen molar-refractivity contribution in [1.82, 2.24) is 9.97 Å². The number of nitrogens with two attached hydrogens (primary N) is 1. The molecular formula is C21H23N3O4S. The van der Waals surface area contributed by atoms with Crippen LogP contribution in [-0.2, 0) is 29.0 Å². The van der Waals surface area contributed by atoms with Gasteiger partial charge in [-0.1, -0.05) is 0 Å². The number of hydrogen-bond donors (Lipinski definition) is 1. The van der Waals surface area contributed by atoms with Gasteiger partial charge in [0.15, 0.2) is 12.4 Å². The molecule has 0 spiro atoms. The third-order valence-electron chi connectivity index (χ3n) is 4.89. The molecule has 1 aliphatic rings. The van der Waals surface area contributed by atoms with Crippen molar-refractivity contribution in [3.63, 3.8) is 0 Å². The molecule has 29 heavy (non-hydrogen) atoms. The highest BCUT2D eigenvalue weighted by Gasteiger charge is 2.20. The Hall–Kier alpha value is -2.87. The fourth-order valence-electron chi connectivity index (χ4n) is 3.44. The van der Waals surface area contributed by atoms with Gasteiger partial charge < -0.3 is 19.9 Å². The number of thiophene rings is 1. The summed E-state index contributed by atoms with van der Waals surface area (Å²) < 4.78 is 15.9. The van der Waals surface area contributed by atoms with Crippen LogP contribution in [0.4, 0.5) is 5.82 Å². The Bertz CT molecular complexity index is 1020. The maximum Gasteiger partial charge on any atom is 0.309 e. The largest absolute Gasteiger partial charge is 0.497 e. The van der Waals surface area contributed by atoms with Crippen LogP contribution in [0.3, 0.4) is 0 Å². The Kier molecular flexibility index (Phi) is 5.80. The summed E-state index contributed by atoms with van der Waals surface area (Å²) in [5.41, 5.74) is 7.48. The zero-order valence-corrected chi connectivity index (χ0v) is 17.1. The standard InChI is InChI=1S/C21H23N3O4S/c1-26-13-6-8-14(9-7-13)27-11-10-18(25)28-12-17-23-20(22)19-15-4-2-3-5-16(15)29-21(19)24-17/h6-9H,2-5,10-12H2,1H3,(H2,22,23,24). The minimum atomic E-state index is -0.369. The molecule has 2 aromatic heterocycles. The average molecular weight is 413 g/mol. The van der Waals surface area contributed by atoms with Gasteiger partial charge in [0, 0.05) is 4.88 Å². The van der Waals surface area contributed by atoms with Crippen LogP contribution < -0.4 is 15.2 Å². The van der Waals surface area contributed by atoms with Crippen LogP contribution in [0.5, 0.6) is 11.5 Å². The number of benzene rings is 1. The zero-order valence-electron chi connectivity index (χ0n) is 16.3. The second-order valence-electron chi connectivity index (χ2n) is 6.85. The van der Waals surface area contributed by atoms with E-state index in [4.69, 9.17) is 19.9 Å². The van der Waals surface area contributed by atoms with E-state index >= 15 is 0 Å². The van der Waals surface area contributed by atoms with E-state index in [0.29, 0.717) is 17.4 Å². The maximum absolute atomic E-state index is 12.0. The minimum Gasteiger partial charge on any atom is -0.497 e. The molecule has 1 aromatic carbocycles. The van der Waals surface area contributed by atoms with Crippen LogP contribution in [0, 0.1) is 0 Å². The second-order valence-corrected chi connectivity index (χ2v) is 7.93. The molecule has 152 valence electrons. The Morgan fingerprint density at radius 1 is 1.14 bits per heavy atom. The number of nitrogen functional groups attached to an aromatic ring is 1. The number of esters is 1. The number of aryl methyl sites for hydroxylation is 2. The number of carbonyl (C=O) groups is 1.